The van der Waals surface area contributed by atoms with Crippen LogP contribution in [0.5, 0.6) is 0 Å². The second-order valence-electron chi connectivity index (χ2n) is 14.9. The van der Waals surface area contributed by atoms with Gasteiger partial charge in [0.25, 0.3) is 0 Å². The molecule has 272 valence electrons. The molecule has 0 radical (unpaired) electrons. The van der Waals surface area contributed by atoms with Gasteiger partial charge in [0.15, 0.2) is 0 Å². The molecule has 8 heteroatoms. The van der Waals surface area contributed by atoms with Gasteiger partial charge in [-0.2, -0.15) is 0 Å². The Labute approximate surface area is 319 Å². The summed E-state index contributed by atoms with van der Waals surface area (Å²) >= 11 is 0. The van der Waals surface area contributed by atoms with Crippen molar-refractivity contribution in [3.63, 3.8) is 0 Å². The van der Waals surface area contributed by atoms with Crippen molar-refractivity contribution in [3.8, 4) is 22.3 Å². The first kappa shape index (κ1) is 34.6. The summed E-state index contributed by atoms with van der Waals surface area (Å²) in [4.78, 5) is 0. The number of hydrogen-bond donors (Lipinski definition) is 0. The third kappa shape index (κ3) is 6.54. The average molecular weight is 761 g/mol. The summed E-state index contributed by atoms with van der Waals surface area (Å²) in [5.74, 6) is 0. The normalized spacial score (nSPS) is 22.8. The molecule has 1 spiro atoms. The van der Waals surface area contributed by atoms with Crippen LogP contribution in [0.15, 0.2) is 158 Å². The van der Waals surface area contributed by atoms with Crippen LogP contribution in [-0.2, 0) is 39.5 Å². The smallest absolute Gasteiger partial charge is 0.307 e. The van der Waals surface area contributed by atoms with Crippen LogP contribution >= 0.6 is 15.2 Å². The highest BCUT2D eigenvalue weighted by molar-refractivity contribution is 7.53. The van der Waals surface area contributed by atoms with Crippen molar-refractivity contribution in [2.24, 2.45) is 5.41 Å². The molecular formula is C47H38O6P2. The molecule has 2 aliphatic rings. The van der Waals surface area contributed by atoms with Crippen LogP contribution in [0.1, 0.15) is 11.1 Å². The van der Waals surface area contributed by atoms with Crippen molar-refractivity contribution >= 4 is 58.3 Å². The minimum absolute atomic E-state index is 0.113. The molecule has 2 heterocycles. The fraction of sp³-hybridized carbons (Fsp3) is 0.149. The fourth-order valence-corrected chi connectivity index (χ4v) is 11.9. The summed E-state index contributed by atoms with van der Waals surface area (Å²) in [5, 5.41) is 9.01. The van der Waals surface area contributed by atoms with Gasteiger partial charge in [-0.3, -0.25) is 9.13 Å². The van der Waals surface area contributed by atoms with Crippen molar-refractivity contribution in [2.45, 2.75) is 12.3 Å². The molecule has 0 bridgehead atoms. The summed E-state index contributed by atoms with van der Waals surface area (Å²) in [6.07, 6.45) is 0.242. The maximum Gasteiger partial charge on any atom is 0.335 e. The second kappa shape index (κ2) is 13.7. The van der Waals surface area contributed by atoms with Gasteiger partial charge in [-0.05, 0) is 101 Å². The van der Waals surface area contributed by atoms with E-state index in [1.54, 1.807) is 0 Å². The van der Waals surface area contributed by atoms with Crippen LogP contribution < -0.4 is 0 Å². The molecule has 55 heavy (non-hydrogen) atoms. The van der Waals surface area contributed by atoms with E-state index < -0.39 is 20.6 Å². The van der Waals surface area contributed by atoms with Crippen molar-refractivity contribution < 1.29 is 27.2 Å². The van der Waals surface area contributed by atoms with E-state index in [-0.39, 0.29) is 38.8 Å². The average Bonchev–Trinajstić information content (AvgIpc) is 3.22. The SMILES string of the molecule is O=P1(Cc2ccc3cc4ccccc4cc3c2-c2ccccc2)OCC2(CO1)COP(=O)(Cc1ccc3cc4ccccc4cc3c1-c1ccccc1)OC2. The molecule has 0 atom stereocenters. The van der Waals surface area contributed by atoms with E-state index in [0.717, 1.165) is 65.7 Å². The van der Waals surface area contributed by atoms with Crippen molar-refractivity contribution in [1.29, 1.82) is 0 Å². The van der Waals surface area contributed by atoms with E-state index in [0.29, 0.717) is 0 Å². The molecule has 2 aliphatic heterocycles. The van der Waals surface area contributed by atoms with E-state index in [4.69, 9.17) is 18.1 Å². The minimum Gasteiger partial charge on any atom is -0.307 e. The Hall–Kier alpha value is -4.90. The second-order valence-corrected chi connectivity index (χ2v) is 19.0. The Morgan fingerprint density at radius 1 is 0.400 bits per heavy atom. The molecule has 6 nitrogen and oxygen atoms in total. The molecule has 0 amide bonds. The molecule has 0 N–H and O–H groups in total. The quantitative estimate of drug-likeness (QED) is 0.124. The van der Waals surface area contributed by atoms with Crippen LogP contribution in [-0.4, -0.2) is 26.4 Å². The third-order valence-corrected chi connectivity index (χ3v) is 14.6. The molecule has 0 saturated carbocycles. The van der Waals surface area contributed by atoms with Gasteiger partial charge in [-0.15, -0.1) is 0 Å². The molecule has 0 aromatic heterocycles. The molecule has 0 aliphatic carbocycles. The highest BCUT2D eigenvalue weighted by Gasteiger charge is 2.49. The highest BCUT2D eigenvalue weighted by atomic mass is 31.2. The first-order valence-corrected chi connectivity index (χ1v) is 22.1. The van der Waals surface area contributed by atoms with Crippen LogP contribution in [0.3, 0.4) is 0 Å². The number of hydrogen-bond acceptors (Lipinski definition) is 6. The van der Waals surface area contributed by atoms with E-state index in [9.17, 15) is 9.13 Å². The van der Waals surface area contributed by atoms with Gasteiger partial charge in [0.05, 0.1) is 44.2 Å². The summed E-state index contributed by atoms with van der Waals surface area (Å²) in [6.45, 7) is 0.450. The van der Waals surface area contributed by atoms with E-state index in [2.05, 4.69) is 84.9 Å². The van der Waals surface area contributed by atoms with Gasteiger partial charge in [0, 0.05) is 0 Å². The van der Waals surface area contributed by atoms with Crippen LogP contribution in [0, 0.1) is 5.41 Å². The van der Waals surface area contributed by atoms with Crippen LogP contribution in [0.25, 0.3) is 65.3 Å². The molecule has 8 aromatic rings. The van der Waals surface area contributed by atoms with Gasteiger partial charge in [0.2, 0.25) is 0 Å². The van der Waals surface area contributed by atoms with Crippen molar-refractivity contribution in [3.05, 3.63) is 169 Å². The fourth-order valence-electron chi connectivity index (χ4n) is 8.14. The minimum atomic E-state index is -3.55. The first-order valence-electron chi connectivity index (χ1n) is 18.6. The molecule has 8 aromatic carbocycles. The summed E-state index contributed by atoms with van der Waals surface area (Å²) in [7, 11) is -7.10. The number of fused-ring (bicyclic) bond motifs is 4. The van der Waals surface area contributed by atoms with E-state index >= 15 is 0 Å². The Bertz CT molecular complexity index is 2630. The largest absolute Gasteiger partial charge is 0.335 e. The predicted octanol–water partition coefficient (Wildman–Crippen LogP) is 12.8. The zero-order valence-electron chi connectivity index (χ0n) is 30.1. The number of benzene rings is 8. The maximum absolute atomic E-state index is 14.3. The summed E-state index contributed by atoms with van der Waals surface area (Å²) in [5.41, 5.74) is 5.19. The predicted molar refractivity (Wildman–Crippen MR) is 223 cm³/mol. The zero-order chi connectivity index (χ0) is 37.0. The molecule has 10 rings (SSSR count). The maximum atomic E-state index is 14.3. The van der Waals surface area contributed by atoms with Crippen molar-refractivity contribution in [2.75, 3.05) is 26.4 Å². The summed E-state index contributed by atoms with van der Waals surface area (Å²) in [6, 6.07) is 54.1. The Balaban J connectivity index is 0.892. The van der Waals surface area contributed by atoms with E-state index in [1.165, 1.54) is 10.8 Å². The molecular weight excluding hydrogens is 722 g/mol. The highest BCUT2D eigenvalue weighted by Crippen LogP contribution is 2.62. The van der Waals surface area contributed by atoms with Gasteiger partial charge < -0.3 is 18.1 Å². The Morgan fingerprint density at radius 3 is 1.13 bits per heavy atom. The van der Waals surface area contributed by atoms with Crippen molar-refractivity contribution in [1.82, 2.24) is 0 Å². The van der Waals surface area contributed by atoms with Gasteiger partial charge in [0.1, 0.15) is 0 Å². The molecule has 0 unspecified atom stereocenters. The summed E-state index contributed by atoms with van der Waals surface area (Å²) < 4.78 is 53.3. The lowest BCUT2D eigenvalue weighted by atomic mass is 9.92. The van der Waals surface area contributed by atoms with Gasteiger partial charge >= 0.3 is 15.2 Å². The zero-order valence-corrected chi connectivity index (χ0v) is 31.9. The monoisotopic (exact) mass is 760 g/mol. The Morgan fingerprint density at radius 2 is 0.745 bits per heavy atom. The first-order chi connectivity index (χ1) is 26.9. The lowest BCUT2D eigenvalue weighted by Crippen LogP contribution is -2.45. The lowest BCUT2D eigenvalue weighted by molar-refractivity contribution is -0.0690. The van der Waals surface area contributed by atoms with Gasteiger partial charge in [-0.1, -0.05) is 133 Å². The standard InChI is InChI=1S/C47H38O6P2/c48-54(27-41-21-19-39-23-35-15-7-9-17-37(35)25-43(39)45(41)33-11-3-1-4-12-33)50-29-47(30-51-54)31-52-55(49,53-32-47)28-42-22-20-40-24-36-16-8-10-18-38(36)26-44(40)46(42)34-13-5-2-6-14-34/h1-26H,27-32H2. The number of rotatable bonds is 6. The molecule has 2 saturated heterocycles. The lowest BCUT2D eigenvalue weighted by Gasteiger charge is -2.43. The van der Waals surface area contributed by atoms with Crippen LogP contribution in [0.4, 0.5) is 0 Å². The van der Waals surface area contributed by atoms with E-state index in [1.807, 2.05) is 72.8 Å². The Kier molecular flexibility index (Phi) is 8.61. The molecule has 2 fully saturated rings. The van der Waals surface area contributed by atoms with Gasteiger partial charge in [-0.25, -0.2) is 0 Å². The third-order valence-electron chi connectivity index (χ3n) is 11.1. The van der Waals surface area contributed by atoms with Crippen LogP contribution in [0.2, 0.25) is 0 Å². The topological polar surface area (TPSA) is 71.1 Å².